The number of carbonyl (C=O) groups is 1. The zero-order valence-corrected chi connectivity index (χ0v) is 24.3. The minimum Gasteiger partial charge on any atom is -0.378 e. The summed E-state index contributed by atoms with van der Waals surface area (Å²) in [6.45, 7) is 9.02. The van der Waals surface area contributed by atoms with E-state index in [1.165, 1.54) is 12.1 Å². The molecule has 11 heteroatoms. The molecule has 226 valence electrons. The van der Waals surface area contributed by atoms with E-state index in [0.29, 0.717) is 73.9 Å². The van der Waals surface area contributed by atoms with Crippen LogP contribution in [0.4, 0.5) is 44.5 Å². The van der Waals surface area contributed by atoms with Crippen LogP contribution in [0.1, 0.15) is 0 Å². The molecule has 3 aromatic carbocycles. The molecule has 0 saturated carbocycles. The van der Waals surface area contributed by atoms with Crippen LogP contribution >= 0.6 is 0 Å². The molecule has 1 aromatic heterocycles. The first-order chi connectivity index (χ1) is 21.6. The van der Waals surface area contributed by atoms with Crippen LogP contribution < -0.4 is 25.8 Å². The zero-order valence-electron chi connectivity index (χ0n) is 24.3. The fourth-order valence-electron chi connectivity index (χ4n) is 5.22. The van der Waals surface area contributed by atoms with E-state index in [1.54, 1.807) is 18.3 Å². The Hall–Kier alpha value is -5.00. The van der Waals surface area contributed by atoms with Crippen LogP contribution in [0.15, 0.2) is 85.6 Å². The highest BCUT2D eigenvalue weighted by atomic mass is 19.1. The highest BCUT2D eigenvalue weighted by Crippen LogP contribution is 2.33. The second-order valence-electron chi connectivity index (χ2n) is 10.4. The maximum atomic E-state index is 15.2. The van der Waals surface area contributed by atoms with E-state index in [1.807, 2.05) is 41.3 Å². The maximum absolute atomic E-state index is 15.2. The minimum atomic E-state index is -0.327. The number of morpholine rings is 2. The normalized spacial score (nSPS) is 15.0. The van der Waals surface area contributed by atoms with Crippen LogP contribution in [0.25, 0.3) is 11.3 Å². The van der Waals surface area contributed by atoms with Gasteiger partial charge in [-0.15, -0.1) is 0 Å². The summed E-state index contributed by atoms with van der Waals surface area (Å²) in [4.78, 5) is 25.7. The molecule has 0 aliphatic carbocycles. The Kier molecular flexibility index (Phi) is 8.95. The number of carbonyl (C=O) groups excluding carboxylic acids is 1. The van der Waals surface area contributed by atoms with E-state index >= 15 is 4.39 Å². The lowest BCUT2D eigenvalue weighted by Crippen LogP contribution is -2.36. The van der Waals surface area contributed by atoms with Crippen LogP contribution in [-0.4, -0.2) is 68.5 Å². The molecule has 1 amide bonds. The van der Waals surface area contributed by atoms with Crippen molar-refractivity contribution in [1.29, 1.82) is 0 Å². The summed E-state index contributed by atoms with van der Waals surface area (Å²) in [5.41, 5.74) is 5.48. The number of anilines is 7. The molecule has 0 unspecified atom stereocenters. The SMILES string of the molecule is C=CC(=O)Nc1cccc(-c2nc(Nc3cccc(N4CCOCC4)c3)ncc2Nc2ccc(N3CCOCC3)c(F)c2)c1. The van der Waals surface area contributed by atoms with E-state index in [2.05, 4.69) is 44.5 Å². The predicted molar refractivity (Wildman–Crippen MR) is 172 cm³/mol. The second-order valence-corrected chi connectivity index (χ2v) is 10.4. The van der Waals surface area contributed by atoms with Crippen molar-refractivity contribution in [2.75, 3.05) is 78.4 Å². The van der Waals surface area contributed by atoms with Crippen molar-refractivity contribution in [2.24, 2.45) is 0 Å². The molecule has 2 saturated heterocycles. The first-order valence-corrected chi connectivity index (χ1v) is 14.6. The summed E-state index contributed by atoms with van der Waals surface area (Å²) in [6.07, 6.45) is 2.88. The van der Waals surface area contributed by atoms with Crippen LogP contribution in [0, 0.1) is 5.82 Å². The number of halogens is 1. The fourth-order valence-corrected chi connectivity index (χ4v) is 5.22. The molecular formula is C33H34FN7O3. The van der Waals surface area contributed by atoms with Crippen molar-refractivity contribution in [3.8, 4) is 11.3 Å². The van der Waals surface area contributed by atoms with Gasteiger partial charge in [0.15, 0.2) is 0 Å². The van der Waals surface area contributed by atoms with Gasteiger partial charge in [0.25, 0.3) is 0 Å². The van der Waals surface area contributed by atoms with Gasteiger partial charge in [-0.25, -0.2) is 14.4 Å². The Bertz CT molecular complexity index is 1640. The fraction of sp³-hybridized carbons (Fsp3) is 0.242. The Morgan fingerprint density at radius 3 is 2.30 bits per heavy atom. The zero-order chi connectivity index (χ0) is 30.3. The number of hydrogen-bond donors (Lipinski definition) is 3. The van der Waals surface area contributed by atoms with E-state index < -0.39 is 0 Å². The van der Waals surface area contributed by atoms with Gasteiger partial charge in [-0.2, -0.15) is 0 Å². The number of aromatic nitrogens is 2. The Labute approximate surface area is 255 Å². The number of ether oxygens (including phenoxy) is 2. The molecule has 0 spiro atoms. The summed E-state index contributed by atoms with van der Waals surface area (Å²) in [6, 6.07) is 20.5. The molecule has 0 radical (unpaired) electrons. The number of nitrogens with one attached hydrogen (secondary N) is 3. The van der Waals surface area contributed by atoms with Crippen LogP contribution in [0.2, 0.25) is 0 Å². The topological polar surface area (TPSA) is 104 Å². The minimum absolute atomic E-state index is 0.318. The standard InChI is InChI=1S/C33H34FN7O3/c1-2-31(42)37-24-6-3-5-23(19-24)32-29(36-26-9-10-30(28(34)21-26)41-13-17-44-18-14-41)22-35-33(39-32)38-25-7-4-8-27(20-25)40-11-15-43-16-12-40/h2-10,19-22,36H,1,11-18H2,(H,37,42)(H,35,38,39). The number of amides is 1. The third kappa shape index (κ3) is 6.96. The lowest BCUT2D eigenvalue weighted by molar-refractivity contribution is -0.111. The molecule has 44 heavy (non-hydrogen) atoms. The van der Waals surface area contributed by atoms with Crippen LogP contribution in [0.5, 0.6) is 0 Å². The van der Waals surface area contributed by atoms with Gasteiger partial charge in [0, 0.05) is 54.5 Å². The van der Waals surface area contributed by atoms with Crippen molar-refractivity contribution in [1.82, 2.24) is 9.97 Å². The van der Waals surface area contributed by atoms with E-state index in [-0.39, 0.29) is 11.7 Å². The molecule has 6 rings (SSSR count). The van der Waals surface area contributed by atoms with E-state index in [4.69, 9.17) is 14.5 Å². The van der Waals surface area contributed by atoms with Gasteiger partial charge in [-0.3, -0.25) is 4.79 Å². The van der Waals surface area contributed by atoms with Gasteiger partial charge in [-0.1, -0.05) is 24.8 Å². The third-order valence-electron chi connectivity index (χ3n) is 7.43. The predicted octanol–water partition coefficient (Wildman–Crippen LogP) is 5.57. The van der Waals surface area contributed by atoms with Crippen molar-refractivity contribution >= 4 is 46.0 Å². The Morgan fingerprint density at radius 1 is 0.841 bits per heavy atom. The summed E-state index contributed by atoms with van der Waals surface area (Å²) in [5, 5.41) is 9.42. The Morgan fingerprint density at radius 2 is 1.55 bits per heavy atom. The van der Waals surface area contributed by atoms with E-state index in [0.717, 1.165) is 30.0 Å². The number of hydrogen-bond acceptors (Lipinski definition) is 9. The molecule has 0 atom stereocenters. The number of benzene rings is 3. The van der Waals surface area contributed by atoms with Gasteiger partial charge >= 0.3 is 0 Å². The van der Waals surface area contributed by atoms with Crippen molar-refractivity contribution < 1.29 is 18.7 Å². The number of rotatable bonds is 9. The largest absolute Gasteiger partial charge is 0.378 e. The summed E-state index contributed by atoms with van der Waals surface area (Å²) in [7, 11) is 0. The summed E-state index contributed by atoms with van der Waals surface area (Å²) >= 11 is 0. The molecule has 10 nitrogen and oxygen atoms in total. The lowest BCUT2D eigenvalue weighted by atomic mass is 10.1. The van der Waals surface area contributed by atoms with Crippen molar-refractivity contribution in [3.05, 3.63) is 91.4 Å². The molecule has 2 fully saturated rings. The first-order valence-electron chi connectivity index (χ1n) is 14.6. The van der Waals surface area contributed by atoms with Crippen molar-refractivity contribution in [3.63, 3.8) is 0 Å². The third-order valence-corrected chi connectivity index (χ3v) is 7.43. The average Bonchev–Trinajstić information content (AvgIpc) is 3.06. The molecule has 2 aliphatic rings. The summed E-state index contributed by atoms with van der Waals surface area (Å²) < 4.78 is 26.1. The van der Waals surface area contributed by atoms with Crippen LogP contribution in [0.3, 0.4) is 0 Å². The monoisotopic (exact) mass is 595 g/mol. The van der Waals surface area contributed by atoms with Gasteiger partial charge in [0.1, 0.15) is 5.82 Å². The molecule has 4 aromatic rings. The Balaban J connectivity index is 1.30. The molecule has 0 bridgehead atoms. The smallest absolute Gasteiger partial charge is 0.247 e. The van der Waals surface area contributed by atoms with E-state index in [9.17, 15) is 4.79 Å². The van der Waals surface area contributed by atoms with Gasteiger partial charge < -0.3 is 35.2 Å². The van der Waals surface area contributed by atoms with Gasteiger partial charge in [0.2, 0.25) is 11.9 Å². The van der Waals surface area contributed by atoms with Gasteiger partial charge in [0.05, 0.1) is 49.7 Å². The second kappa shape index (κ2) is 13.5. The quantitative estimate of drug-likeness (QED) is 0.214. The van der Waals surface area contributed by atoms with Crippen molar-refractivity contribution in [2.45, 2.75) is 0 Å². The highest BCUT2D eigenvalue weighted by molar-refractivity contribution is 5.99. The molecule has 3 heterocycles. The maximum Gasteiger partial charge on any atom is 0.247 e. The first kappa shape index (κ1) is 29.1. The number of nitrogens with zero attached hydrogens (tertiary/aromatic N) is 4. The highest BCUT2D eigenvalue weighted by Gasteiger charge is 2.17. The average molecular weight is 596 g/mol. The van der Waals surface area contributed by atoms with Crippen LogP contribution in [-0.2, 0) is 14.3 Å². The molecule has 2 aliphatic heterocycles. The molecular weight excluding hydrogens is 561 g/mol. The lowest BCUT2D eigenvalue weighted by Gasteiger charge is -2.29. The molecule has 3 N–H and O–H groups in total. The summed E-state index contributed by atoms with van der Waals surface area (Å²) in [5.74, 6) is -0.257. The van der Waals surface area contributed by atoms with Gasteiger partial charge in [-0.05, 0) is 54.6 Å².